The summed E-state index contributed by atoms with van der Waals surface area (Å²) in [5.41, 5.74) is 0.569. The molecular weight excluding hydrogens is 601 g/mol. The van der Waals surface area contributed by atoms with Crippen molar-refractivity contribution in [2.75, 3.05) is 18.5 Å². The van der Waals surface area contributed by atoms with Crippen molar-refractivity contribution in [2.45, 2.75) is 89.4 Å². The van der Waals surface area contributed by atoms with Crippen LogP contribution in [0.5, 0.6) is 0 Å². The van der Waals surface area contributed by atoms with Gasteiger partial charge in [-0.2, -0.15) is 4.39 Å². The standard InChI is InChI=1S/C31H40ClF3N4O5/c1-4-44-30(43)24(33)15-21(13-18-10-11-36-27(18)40)38-28(41)26-23-9-8-22(16-31(23,34)35)39(26)29(42)25(12-17(2)3)37-20-7-5-6-19(32)14-20/h5-7,14-15,17-18,21-23,25-26,37H,4,8-13,16H2,1-3H3,(H,36,40)(H,38,41)/b24-15-/t18-,21-,22-,23-,25+,26-/m1/s1. The van der Waals surface area contributed by atoms with Gasteiger partial charge < -0.3 is 25.6 Å². The normalized spacial score (nSPS) is 25.8. The molecule has 0 unspecified atom stereocenters. The second-order valence-electron chi connectivity index (χ2n) is 12.2. The predicted octanol–water partition coefficient (Wildman–Crippen LogP) is 4.61. The van der Waals surface area contributed by atoms with Crippen LogP contribution < -0.4 is 16.0 Å². The number of esters is 1. The van der Waals surface area contributed by atoms with E-state index in [1.807, 2.05) is 13.8 Å². The fraction of sp³-hybridized carbons (Fsp3) is 0.613. The van der Waals surface area contributed by atoms with E-state index in [1.54, 1.807) is 24.3 Å². The molecule has 1 aromatic rings. The van der Waals surface area contributed by atoms with Crippen LogP contribution in [-0.4, -0.2) is 71.8 Å². The first kappa shape index (κ1) is 33.6. The number of anilines is 1. The van der Waals surface area contributed by atoms with Gasteiger partial charge in [0.2, 0.25) is 23.5 Å². The smallest absolute Gasteiger partial charge is 0.366 e. The molecule has 0 radical (unpaired) electrons. The van der Waals surface area contributed by atoms with Crippen LogP contribution in [0.25, 0.3) is 0 Å². The van der Waals surface area contributed by atoms with Crippen LogP contribution >= 0.6 is 11.6 Å². The number of carbonyl (C=O) groups excluding carboxylic acids is 4. The first-order chi connectivity index (χ1) is 20.8. The second kappa shape index (κ2) is 14.2. The number of hydrogen-bond donors (Lipinski definition) is 3. The summed E-state index contributed by atoms with van der Waals surface area (Å²) < 4.78 is 50.1. The Hall–Kier alpha value is -3.28. The van der Waals surface area contributed by atoms with Crippen molar-refractivity contribution >= 4 is 41.0 Å². The Bertz CT molecular complexity index is 1280. The third-order valence-electron chi connectivity index (χ3n) is 8.48. The Morgan fingerprint density at radius 3 is 2.59 bits per heavy atom. The molecule has 2 bridgehead atoms. The number of nitrogens with zero attached hydrogens (tertiary/aromatic N) is 1. The number of fused-ring (bicyclic) bond motifs is 3. The lowest BCUT2D eigenvalue weighted by atomic mass is 9.71. The van der Waals surface area contributed by atoms with Crippen LogP contribution in [0, 0.1) is 17.8 Å². The summed E-state index contributed by atoms with van der Waals surface area (Å²) in [6, 6.07) is 2.33. The highest BCUT2D eigenvalue weighted by Gasteiger charge is 2.61. The Kier molecular flexibility index (Phi) is 10.9. The minimum Gasteiger partial charge on any atom is -0.461 e. The number of ether oxygens (including phenoxy) is 1. The van der Waals surface area contributed by atoms with Crippen molar-refractivity contribution in [1.82, 2.24) is 15.5 Å². The van der Waals surface area contributed by atoms with Crippen molar-refractivity contribution in [1.29, 1.82) is 0 Å². The zero-order chi connectivity index (χ0) is 32.2. The van der Waals surface area contributed by atoms with Gasteiger partial charge >= 0.3 is 5.97 Å². The molecule has 3 saturated heterocycles. The van der Waals surface area contributed by atoms with Gasteiger partial charge in [-0.25, -0.2) is 13.6 Å². The molecule has 1 aromatic carbocycles. The van der Waals surface area contributed by atoms with Gasteiger partial charge in [0.25, 0.3) is 5.92 Å². The number of amides is 3. The molecule has 44 heavy (non-hydrogen) atoms. The zero-order valence-electron chi connectivity index (χ0n) is 25.1. The monoisotopic (exact) mass is 640 g/mol. The summed E-state index contributed by atoms with van der Waals surface area (Å²) in [6.07, 6.45) is 1.32. The summed E-state index contributed by atoms with van der Waals surface area (Å²) in [6.45, 7) is 5.67. The van der Waals surface area contributed by atoms with Crippen molar-refractivity contribution < 1.29 is 37.1 Å². The van der Waals surface area contributed by atoms with Crippen LogP contribution in [-0.2, 0) is 23.9 Å². The second-order valence-corrected chi connectivity index (χ2v) is 12.6. The number of halogens is 4. The van der Waals surface area contributed by atoms with Crippen molar-refractivity contribution in [3.63, 3.8) is 0 Å². The fourth-order valence-electron chi connectivity index (χ4n) is 6.53. The van der Waals surface area contributed by atoms with E-state index in [4.69, 9.17) is 16.3 Å². The molecule has 242 valence electrons. The van der Waals surface area contributed by atoms with E-state index in [2.05, 4.69) is 16.0 Å². The minimum atomic E-state index is -3.21. The Morgan fingerprint density at radius 2 is 1.98 bits per heavy atom. The largest absolute Gasteiger partial charge is 0.461 e. The minimum absolute atomic E-state index is 0.0266. The lowest BCUT2D eigenvalue weighted by Crippen LogP contribution is -2.70. The molecule has 3 heterocycles. The molecule has 5 rings (SSSR count). The molecule has 3 N–H and O–H groups in total. The highest BCUT2D eigenvalue weighted by molar-refractivity contribution is 6.30. The molecule has 13 heteroatoms. The molecule has 6 atom stereocenters. The average molecular weight is 641 g/mol. The van der Waals surface area contributed by atoms with Crippen molar-refractivity contribution in [2.24, 2.45) is 17.8 Å². The summed E-state index contributed by atoms with van der Waals surface area (Å²) in [7, 11) is 0. The quantitative estimate of drug-likeness (QED) is 0.227. The Labute approximate surface area is 260 Å². The maximum atomic E-state index is 15.3. The first-order valence-corrected chi connectivity index (χ1v) is 15.5. The average Bonchev–Trinajstić information content (AvgIpc) is 3.35. The maximum absolute atomic E-state index is 15.3. The molecule has 0 spiro atoms. The number of rotatable bonds is 12. The molecule has 9 nitrogen and oxygen atoms in total. The lowest BCUT2D eigenvalue weighted by molar-refractivity contribution is -0.194. The summed E-state index contributed by atoms with van der Waals surface area (Å²) in [4.78, 5) is 53.7. The number of nitrogens with one attached hydrogen (secondary N) is 3. The van der Waals surface area contributed by atoms with E-state index in [-0.39, 0.29) is 31.3 Å². The van der Waals surface area contributed by atoms with E-state index >= 15 is 8.78 Å². The van der Waals surface area contributed by atoms with E-state index < -0.39 is 72.0 Å². The summed E-state index contributed by atoms with van der Waals surface area (Å²) in [5.74, 6) is -9.42. The maximum Gasteiger partial charge on any atom is 0.366 e. The first-order valence-electron chi connectivity index (χ1n) is 15.1. The third kappa shape index (κ3) is 7.86. The molecule has 1 aliphatic carbocycles. The highest BCUT2D eigenvalue weighted by Crippen LogP contribution is 2.49. The van der Waals surface area contributed by atoms with Gasteiger partial charge in [0.15, 0.2) is 0 Å². The topological polar surface area (TPSA) is 117 Å². The number of benzene rings is 1. The third-order valence-corrected chi connectivity index (χ3v) is 8.71. The predicted molar refractivity (Wildman–Crippen MR) is 159 cm³/mol. The SMILES string of the molecule is CCOC(=O)/C(F)=C/[C@@H](C[C@H]1CCNC1=O)NC(=O)[C@H]1[C@H]2CC[C@H](CC2(F)F)N1C(=O)[C@H](CC(C)C)Nc1cccc(Cl)c1. The van der Waals surface area contributed by atoms with Gasteiger partial charge in [-0.15, -0.1) is 0 Å². The Morgan fingerprint density at radius 1 is 1.23 bits per heavy atom. The lowest BCUT2D eigenvalue weighted by Gasteiger charge is -2.54. The number of carbonyl (C=O) groups is 4. The molecule has 3 aliphatic heterocycles. The van der Waals surface area contributed by atoms with Crippen LogP contribution in [0.4, 0.5) is 18.9 Å². The van der Waals surface area contributed by atoms with Gasteiger partial charge in [-0.1, -0.05) is 31.5 Å². The number of hydrogen-bond acceptors (Lipinski definition) is 6. The van der Waals surface area contributed by atoms with E-state index in [9.17, 15) is 23.6 Å². The van der Waals surface area contributed by atoms with Crippen LogP contribution in [0.3, 0.4) is 0 Å². The highest BCUT2D eigenvalue weighted by atomic mass is 35.5. The van der Waals surface area contributed by atoms with Gasteiger partial charge in [-0.05, 0) is 69.2 Å². The van der Waals surface area contributed by atoms with Crippen LogP contribution in [0.15, 0.2) is 36.2 Å². The number of alkyl halides is 2. The van der Waals surface area contributed by atoms with E-state index in [1.165, 1.54) is 11.8 Å². The molecule has 4 aliphatic rings. The van der Waals surface area contributed by atoms with E-state index in [0.717, 1.165) is 6.08 Å². The Balaban J connectivity index is 1.65. The molecule has 4 fully saturated rings. The molecule has 3 amide bonds. The molecule has 1 saturated carbocycles. The summed E-state index contributed by atoms with van der Waals surface area (Å²) >= 11 is 6.14. The molecular formula is C31H40ClF3N4O5. The summed E-state index contributed by atoms with van der Waals surface area (Å²) in [5, 5.41) is 8.90. The fourth-order valence-corrected chi connectivity index (χ4v) is 6.72. The molecule has 0 aromatic heterocycles. The van der Waals surface area contributed by atoms with Gasteiger partial charge in [0.1, 0.15) is 12.1 Å². The van der Waals surface area contributed by atoms with Gasteiger partial charge in [-0.3, -0.25) is 14.4 Å². The van der Waals surface area contributed by atoms with Gasteiger partial charge in [0.05, 0.1) is 18.6 Å². The number of piperidine rings is 2. The van der Waals surface area contributed by atoms with Crippen molar-refractivity contribution in [3.05, 3.63) is 41.2 Å². The van der Waals surface area contributed by atoms with Crippen LogP contribution in [0.1, 0.15) is 59.3 Å². The zero-order valence-corrected chi connectivity index (χ0v) is 25.8. The van der Waals surface area contributed by atoms with Crippen molar-refractivity contribution in [3.8, 4) is 0 Å². The van der Waals surface area contributed by atoms with Crippen LogP contribution in [0.2, 0.25) is 5.02 Å². The van der Waals surface area contributed by atoms with Gasteiger partial charge in [0, 0.05) is 35.6 Å². The van der Waals surface area contributed by atoms with E-state index in [0.29, 0.717) is 36.5 Å².